The number of aromatic nitrogens is 2. The molecule has 1 amide bonds. The molecule has 0 saturated carbocycles. The van der Waals surface area contributed by atoms with Gasteiger partial charge in [-0.3, -0.25) is 4.79 Å². The van der Waals surface area contributed by atoms with E-state index in [1.807, 2.05) is 30.3 Å². The summed E-state index contributed by atoms with van der Waals surface area (Å²) in [7, 11) is 1.49. The van der Waals surface area contributed by atoms with Gasteiger partial charge in [0.25, 0.3) is 0 Å². The van der Waals surface area contributed by atoms with Crippen LogP contribution in [0.15, 0.2) is 65.7 Å². The number of amides is 1. The molecule has 2 aromatic carbocycles. The summed E-state index contributed by atoms with van der Waals surface area (Å²) in [6.45, 7) is 0. The molecule has 35 heavy (non-hydrogen) atoms. The van der Waals surface area contributed by atoms with Crippen molar-refractivity contribution >= 4 is 40.3 Å². The van der Waals surface area contributed by atoms with Gasteiger partial charge < -0.3 is 10.5 Å². The number of benzene rings is 2. The summed E-state index contributed by atoms with van der Waals surface area (Å²) >= 11 is 7.87. The quantitative estimate of drug-likeness (QED) is 0.288. The van der Waals surface area contributed by atoms with Gasteiger partial charge in [-0.15, -0.1) is 11.8 Å². The van der Waals surface area contributed by atoms with Gasteiger partial charge in [-0.1, -0.05) is 41.9 Å². The Labute approximate surface area is 210 Å². The highest BCUT2D eigenvalue weighted by molar-refractivity contribution is 7.98. The molecule has 4 aromatic rings. The van der Waals surface area contributed by atoms with Crippen LogP contribution in [-0.4, -0.2) is 23.0 Å². The number of nitrogens with zero attached hydrogens (tertiary/aromatic N) is 2. The van der Waals surface area contributed by atoms with E-state index in [1.54, 1.807) is 12.1 Å². The van der Waals surface area contributed by atoms with Crippen LogP contribution in [-0.2, 0) is 23.4 Å². The van der Waals surface area contributed by atoms with Gasteiger partial charge in [0.1, 0.15) is 11.6 Å². The molecule has 2 N–H and O–H groups in total. The third-order valence-corrected chi connectivity index (χ3v) is 7.09. The maximum atomic E-state index is 14.9. The Morgan fingerprint density at radius 1 is 1.11 bits per heavy atom. The van der Waals surface area contributed by atoms with Crippen LogP contribution in [0.1, 0.15) is 16.7 Å². The van der Waals surface area contributed by atoms with Crippen molar-refractivity contribution < 1.29 is 18.3 Å². The van der Waals surface area contributed by atoms with Crippen molar-refractivity contribution in [2.24, 2.45) is 11.7 Å². The fraction of sp³-hybridized carbons (Fsp3) is 0.192. The summed E-state index contributed by atoms with van der Waals surface area (Å²) in [6, 6.07) is 15.6. The first kappa shape index (κ1) is 24.9. The molecule has 0 fully saturated rings. The molecule has 0 aliphatic heterocycles. The Morgan fingerprint density at radius 2 is 1.83 bits per heavy atom. The first-order valence-electron chi connectivity index (χ1n) is 10.8. The van der Waals surface area contributed by atoms with Gasteiger partial charge in [-0.05, 0) is 42.2 Å². The first-order chi connectivity index (χ1) is 16.9. The zero-order valence-corrected chi connectivity index (χ0v) is 20.4. The molecule has 0 bridgehead atoms. The van der Waals surface area contributed by atoms with Crippen molar-refractivity contribution in [2.45, 2.75) is 23.5 Å². The van der Waals surface area contributed by atoms with Gasteiger partial charge >= 0.3 is 0 Å². The fourth-order valence-corrected chi connectivity index (χ4v) is 4.88. The van der Waals surface area contributed by atoms with Gasteiger partial charge in [0, 0.05) is 39.8 Å². The average molecular weight is 514 g/mol. The zero-order chi connectivity index (χ0) is 24.9. The van der Waals surface area contributed by atoms with Gasteiger partial charge in [0.05, 0.1) is 12.1 Å². The topological polar surface area (TPSA) is 78.1 Å². The summed E-state index contributed by atoms with van der Waals surface area (Å²) in [6.07, 6.45) is 1.36. The first-order valence-corrected chi connectivity index (χ1v) is 12.1. The normalized spacial score (nSPS) is 12.0. The second kappa shape index (κ2) is 11.0. The third kappa shape index (κ3) is 5.89. The SMILES string of the molecule is COc1ccc2c(Cl)c(CC(Cc3c(F)cc(SCc4ccccc4)cc3F)C(N)=O)cnc2n1. The summed E-state index contributed by atoms with van der Waals surface area (Å²) in [5.41, 5.74) is 7.37. The van der Waals surface area contributed by atoms with E-state index >= 15 is 0 Å². The molecule has 5 nitrogen and oxygen atoms in total. The minimum absolute atomic E-state index is 0.0759. The van der Waals surface area contributed by atoms with Gasteiger partial charge in [-0.25, -0.2) is 13.8 Å². The molecule has 1 atom stereocenters. The number of rotatable bonds is 9. The average Bonchev–Trinajstić information content (AvgIpc) is 2.85. The number of thioether (sulfide) groups is 1. The fourth-order valence-electron chi connectivity index (χ4n) is 3.71. The standard InChI is InChI=1S/C26H22ClF2N3O2S/c1-34-23-8-7-19-24(27)17(13-31-26(19)32-23)9-16(25(30)33)10-20-21(28)11-18(12-22(20)29)35-14-15-5-3-2-4-6-15/h2-8,11-13,16H,9-10,14H2,1H3,(H2,30,33). The van der Waals surface area contributed by atoms with Crippen LogP contribution in [0, 0.1) is 17.6 Å². The monoisotopic (exact) mass is 513 g/mol. The lowest BCUT2D eigenvalue weighted by molar-refractivity contribution is -0.121. The predicted octanol–water partition coefficient (Wildman–Crippen LogP) is 5.75. The van der Waals surface area contributed by atoms with Crippen LogP contribution < -0.4 is 10.5 Å². The maximum absolute atomic E-state index is 14.9. The predicted molar refractivity (Wildman–Crippen MR) is 134 cm³/mol. The number of pyridine rings is 2. The van der Waals surface area contributed by atoms with Crippen LogP contribution >= 0.6 is 23.4 Å². The summed E-state index contributed by atoms with van der Waals surface area (Å²) in [5.74, 6) is -2.03. The zero-order valence-electron chi connectivity index (χ0n) is 18.8. The molecule has 0 radical (unpaired) electrons. The summed E-state index contributed by atoms with van der Waals surface area (Å²) in [5, 5.41) is 0.926. The molecule has 2 aromatic heterocycles. The van der Waals surface area contributed by atoms with Crippen molar-refractivity contribution in [3.8, 4) is 5.88 Å². The second-order valence-corrected chi connectivity index (χ2v) is 9.40. The van der Waals surface area contributed by atoms with Crippen LogP contribution in [0.4, 0.5) is 8.78 Å². The number of carbonyl (C=O) groups excluding carboxylic acids is 1. The molecular formula is C26H22ClF2N3O2S. The second-order valence-electron chi connectivity index (χ2n) is 7.97. The Balaban J connectivity index is 1.53. The smallest absolute Gasteiger partial charge is 0.221 e. The highest BCUT2D eigenvalue weighted by atomic mass is 35.5. The molecule has 0 spiro atoms. The maximum Gasteiger partial charge on any atom is 0.221 e. The molecule has 1 unspecified atom stereocenters. The lowest BCUT2D eigenvalue weighted by Crippen LogP contribution is -2.28. The lowest BCUT2D eigenvalue weighted by Gasteiger charge is -2.16. The minimum Gasteiger partial charge on any atom is -0.481 e. The Bertz CT molecular complexity index is 1350. The van der Waals surface area contributed by atoms with Gasteiger partial charge in [0.2, 0.25) is 11.8 Å². The van der Waals surface area contributed by atoms with E-state index in [-0.39, 0.29) is 18.4 Å². The van der Waals surface area contributed by atoms with E-state index in [4.69, 9.17) is 22.1 Å². The molecule has 0 aliphatic rings. The molecule has 4 rings (SSSR count). The number of hydrogen-bond acceptors (Lipinski definition) is 5. The molecule has 2 heterocycles. The van der Waals surface area contributed by atoms with E-state index in [1.165, 1.54) is 37.2 Å². The number of ether oxygens (including phenoxy) is 1. The largest absolute Gasteiger partial charge is 0.481 e. The van der Waals surface area contributed by atoms with Crippen LogP contribution in [0.3, 0.4) is 0 Å². The Kier molecular flexibility index (Phi) is 7.83. The minimum atomic E-state index is -0.884. The number of halogens is 3. The van der Waals surface area contributed by atoms with Crippen molar-refractivity contribution in [3.63, 3.8) is 0 Å². The van der Waals surface area contributed by atoms with Crippen molar-refractivity contribution in [2.75, 3.05) is 7.11 Å². The highest BCUT2D eigenvalue weighted by Crippen LogP contribution is 2.31. The number of hydrogen-bond donors (Lipinski definition) is 1. The van der Waals surface area contributed by atoms with E-state index in [0.717, 1.165) is 5.56 Å². The third-order valence-electron chi connectivity index (χ3n) is 5.60. The van der Waals surface area contributed by atoms with Crippen LogP contribution in [0.2, 0.25) is 5.02 Å². The Hall–Kier alpha value is -3.23. The number of primary amides is 1. The molecule has 0 saturated heterocycles. The lowest BCUT2D eigenvalue weighted by atomic mass is 9.91. The number of fused-ring (bicyclic) bond motifs is 1. The van der Waals surface area contributed by atoms with E-state index in [9.17, 15) is 13.6 Å². The van der Waals surface area contributed by atoms with Crippen molar-refractivity contribution in [1.29, 1.82) is 0 Å². The van der Waals surface area contributed by atoms with E-state index in [0.29, 0.717) is 38.1 Å². The van der Waals surface area contributed by atoms with E-state index < -0.39 is 23.5 Å². The summed E-state index contributed by atoms with van der Waals surface area (Å²) < 4.78 is 34.9. The molecule has 9 heteroatoms. The number of carbonyl (C=O) groups is 1. The molecular weight excluding hydrogens is 492 g/mol. The highest BCUT2D eigenvalue weighted by Gasteiger charge is 2.23. The summed E-state index contributed by atoms with van der Waals surface area (Å²) in [4.78, 5) is 21.2. The number of nitrogens with two attached hydrogens (primary N) is 1. The van der Waals surface area contributed by atoms with Gasteiger partial charge in [0.15, 0.2) is 5.65 Å². The molecule has 0 aliphatic carbocycles. The number of methoxy groups -OCH3 is 1. The van der Waals surface area contributed by atoms with Crippen molar-refractivity contribution in [3.05, 3.63) is 94.1 Å². The van der Waals surface area contributed by atoms with Crippen LogP contribution in [0.25, 0.3) is 11.0 Å². The van der Waals surface area contributed by atoms with Crippen molar-refractivity contribution in [1.82, 2.24) is 9.97 Å². The van der Waals surface area contributed by atoms with E-state index in [2.05, 4.69) is 9.97 Å². The molecule has 180 valence electrons. The van der Waals surface area contributed by atoms with Gasteiger partial charge in [-0.2, -0.15) is 4.98 Å². The van der Waals surface area contributed by atoms with Crippen LogP contribution in [0.5, 0.6) is 5.88 Å². The Morgan fingerprint density at radius 3 is 2.49 bits per heavy atom.